The Morgan fingerprint density at radius 1 is 1.36 bits per heavy atom. The minimum atomic E-state index is -3.85. The smallest absolute Gasteiger partial charge is 0.227 e. The van der Waals surface area contributed by atoms with Gasteiger partial charge in [0.05, 0.1) is 5.69 Å². The van der Waals surface area contributed by atoms with Crippen LogP contribution in [0.1, 0.15) is 51.0 Å². The molecule has 10 heteroatoms. The molecule has 1 fully saturated rings. The molecule has 28 heavy (non-hydrogen) atoms. The Morgan fingerprint density at radius 3 is 2.68 bits per heavy atom. The fraction of sp³-hybridized carbons (Fsp3) is 0.500. The van der Waals surface area contributed by atoms with Crippen molar-refractivity contribution >= 4 is 37.4 Å². The zero-order valence-electron chi connectivity index (χ0n) is 15.7. The molecule has 2 aromatic rings. The highest BCUT2D eigenvalue weighted by molar-refractivity contribution is 8.06. The first-order valence-electron chi connectivity index (χ1n) is 8.97. The molecule has 1 aliphatic heterocycles. The lowest BCUT2D eigenvalue weighted by molar-refractivity contribution is -0.117. The zero-order chi connectivity index (χ0) is 20.3. The number of carbonyl (C=O) groups is 1. The van der Waals surface area contributed by atoms with Gasteiger partial charge in [-0.1, -0.05) is 10.3 Å². The third kappa shape index (κ3) is 3.25. The fourth-order valence-corrected chi connectivity index (χ4v) is 4.62. The molecule has 1 aromatic heterocycles. The molecule has 0 spiro atoms. The quantitative estimate of drug-likeness (QED) is 0.829. The van der Waals surface area contributed by atoms with E-state index in [4.69, 9.17) is 9.36 Å². The molecule has 1 aliphatic carbocycles. The number of carbonyl (C=O) groups excluding carboxylic acids is 1. The summed E-state index contributed by atoms with van der Waals surface area (Å²) in [4.78, 5) is 17.1. The molecule has 2 heterocycles. The molecule has 1 aromatic carbocycles. The number of hydrogen-bond acceptors (Lipinski definition) is 7. The van der Waals surface area contributed by atoms with Gasteiger partial charge in [-0.2, -0.15) is 0 Å². The molecule has 2 aliphatic rings. The predicted molar refractivity (Wildman–Crippen MR) is 99.9 cm³/mol. The minimum absolute atomic E-state index is 0.0267. The average molecular weight is 409 g/mol. The zero-order valence-corrected chi connectivity index (χ0v) is 16.5. The maximum atomic E-state index is 14.3. The molecule has 1 saturated carbocycles. The van der Waals surface area contributed by atoms with Crippen molar-refractivity contribution in [3.63, 3.8) is 0 Å². The normalized spacial score (nSPS) is 19.9. The van der Waals surface area contributed by atoms with Crippen molar-refractivity contribution in [3.8, 4) is 0 Å². The summed E-state index contributed by atoms with van der Waals surface area (Å²) in [5.41, 5.74) is -0.494. The highest BCUT2D eigenvalue weighted by Gasteiger charge is 2.40. The van der Waals surface area contributed by atoms with Crippen molar-refractivity contribution in [1.29, 1.82) is 0 Å². The van der Waals surface area contributed by atoms with E-state index in [0.717, 1.165) is 18.9 Å². The van der Waals surface area contributed by atoms with Crippen LogP contribution in [0.15, 0.2) is 21.8 Å². The molecule has 0 radical (unpaired) electrons. The van der Waals surface area contributed by atoms with Crippen molar-refractivity contribution in [1.82, 2.24) is 5.16 Å². The Balaban J connectivity index is 1.69. The summed E-state index contributed by atoms with van der Waals surface area (Å²) in [7, 11) is -3.85. The third-order valence-electron chi connectivity index (χ3n) is 4.94. The SMILES string of the molecule is CC(c1noc2cc(F)c(NC(=O)C3CC3)cc12)S(=O)(=O)C1=NOC(C)(C)C1. The van der Waals surface area contributed by atoms with Crippen molar-refractivity contribution in [3.05, 3.63) is 23.6 Å². The summed E-state index contributed by atoms with van der Waals surface area (Å²) in [6.07, 6.45) is 1.71. The van der Waals surface area contributed by atoms with Crippen LogP contribution in [0.2, 0.25) is 0 Å². The van der Waals surface area contributed by atoms with Crippen LogP contribution in [-0.2, 0) is 19.5 Å². The standard InChI is InChI=1S/C18H20FN3O5S/c1-9(28(24,25)15-8-18(2,3)27-21-15)16-11-6-13(20-17(23)10-4-5-10)12(19)7-14(11)26-22-16/h6-7,9-10H,4-5,8H2,1-3H3,(H,20,23). The van der Waals surface area contributed by atoms with Crippen LogP contribution in [0, 0.1) is 11.7 Å². The summed E-state index contributed by atoms with van der Waals surface area (Å²) in [6.45, 7) is 4.95. The molecule has 1 atom stereocenters. The number of oxime groups is 1. The molecule has 8 nitrogen and oxygen atoms in total. The minimum Gasteiger partial charge on any atom is -0.389 e. The maximum Gasteiger partial charge on any atom is 0.227 e. The number of sulfone groups is 1. The summed E-state index contributed by atoms with van der Waals surface area (Å²) in [6, 6.07) is 2.45. The number of rotatable bonds is 4. The number of hydrogen-bond donors (Lipinski definition) is 1. The van der Waals surface area contributed by atoms with Gasteiger partial charge in [0.25, 0.3) is 0 Å². The topological polar surface area (TPSA) is 111 Å². The third-order valence-corrected chi connectivity index (χ3v) is 6.97. The van der Waals surface area contributed by atoms with Gasteiger partial charge in [-0.05, 0) is 39.7 Å². The lowest BCUT2D eigenvalue weighted by Gasteiger charge is -2.14. The molecule has 1 N–H and O–H groups in total. The molecule has 0 saturated heterocycles. The van der Waals surface area contributed by atoms with Gasteiger partial charge < -0.3 is 14.7 Å². The Morgan fingerprint density at radius 2 is 2.07 bits per heavy atom. The van der Waals surface area contributed by atoms with E-state index in [-0.39, 0.29) is 40.3 Å². The first-order chi connectivity index (χ1) is 13.1. The Bertz CT molecular complexity index is 1100. The van der Waals surface area contributed by atoms with E-state index >= 15 is 0 Å². The monoisotopic (exact) mass is 409 g/mol. The van der Waals surface area contributed by atoms with E-state index in [1.54, 1.807) is 13.8 Å². The number of aromatic nitrogens is 1. The molecule has 0 bridgehead atoms. The van der Waals surface area contributed by atoms with Gasteiger partial charge in [0.15, 0.2) is 16.4 Å². The van der Waals surface area contributed by atoms with Crippen LogP contribution in [0.5, 0.6) is 0 Å². The summed E-state index contributed by atoms with van der Waals surface area (Å²) in [5.74, 6) is -1.02. The molecular formula is C18H20FN3O5S. The number of anilines is 1. The van der Waals surface area contributed by atoms with Crippen molar-refractivity contribution in [2.45, 2.75) is 50.9 Å². The number of halogens is 1. The summed E-state index contributed by atoms with van der Waals surface area (Å²) < 4.78 is 45.3. The molecular weight excluding hydrogens is 389 g/mol. The number of nitrogens with zero attached hydrogens (tertiary/aromatic N) is 2. The van der Waals surface area contributed by atoms with E-state index < -0.39 is 26.5 Å². The van der Waals surface area contributed by atoms with E-state index in [1.807, 2.05) is 0 Å². The number of fused-ring (bicyclic) bond motifs is 1. The van der Waals surface area contributed by atoms with Crippen LogP contribution in [-0.4, -0.2) is 30.1 Å². The molecule has 4 rings (SSSR count). The van der Waals surface area contributed by atoms with Crippen LogP contribution < -0.4 is 5.32 Å². The lowest BCUT2D eigenvalue weighted by atomic mass is 10.1. The van der Waals surface area contributed by atoms with Gasteiger partial charge in [0.2, 0.25) is 15.7 Å². The molecule has 1 amide bonds. The largest absolute Gasteiger partial charge is 0.389 e. The van der Waals surface area contributed by atoms with E-state index in [2.05, 4.69) is 15.6 Å². The lowest BCUT2D eigenvalue weighted by Crippen LogP contribution is -2.25. The van der Waals surface area contributed by atoms with Gasteiger partial charge in [-0.25, -0.2) is 12.8 Å². The number of amides is 1. The Labute approximate surface area is 161 Å². The fourth-order valence-electron chi connectivity index (χ4n) is 3.05. The highest BCUT2D eigenvalue weighted by Crippen LogP contribution is 2.36. The van der Waals surface area contributed by atoms with Gasteiger partial charge >= 0.3 is 0 Å². The van der Waals surface area contributed by atoms with Crippen LogP contribution >= 0.6 is 0 Å². The number of nitrogens with one attached hydrogen (secondary N) is 1. The molecule has 1 unspecified atom stereocenters. The van der Waals surface area contributed by atoms with Gasteiger partial charge in [0.1, 0.15) is 16.5 Å². The first kappa shape index (κ1) is 18.9. The van der Waals surface area contributed by atoms with E-state index in [1.165, 1.54) is 13.0 Å². The van der Waals surface area contributed by atoms with Crippen molar-refractivity contribution < 1.29 is 27.0 Å². The number of benzene rings is 1. The van der Waals surface area contributed by atoms with Crippen LogP contribution in [0.4, 0.5) is 10.1 Å². The second-order valence-corrected chi connectivity index (χ2v) is 10.1. The van der Waals surface area contributed by atoms with Gasteiger partial charge in [-0.15, -0.1) is 0 Å². The Kier molecular flexibility index (Phi) is 4.22. The summed E-state index contributed by atoms with van der Waals surface area (Å²) in [5, 5.41) is 9.30. The first-order valence-corrected chi connectivity index (χ1v) is 10.5. The van der Waals surface area contributed by atoms with Crippen molar-refractivity contribution in [2.24, 2.45) is 11.1 Å². The average Bonchev–Trinajstić information content (AvgIpc) is 3.30. The Hall–Kier alpha value is -2.49. The second-order valence-electron chi connectivity index (χ2n) is 7.86. The molecule has 150 valence electrons. The van der Waals surface area contributed by atoms with E-state index in [9.17, 15) is 17.6 Å². The van der Waals surface area contributed by atoms with Crippen LogP contribution in [0.25, 0.3) is 11.0 Å². The predicted octanol–water partition coefficient (Wildman–Crippen LogP) is 3.30. The van der Waals surface area contributed by atoms with Gasteiger partial charge in [-0.3, -0.25) is 4.79 Å². The maximum absolute atomic E-state index is 14.3. The van der Waals surface area contributed by atoms with Crippen molar-refractivity contribution in [2.75, 3.05) is 5.32 Å². The van der Waals surface area contributed by atoms with Crippen LogP contribution in [0.3, 0.4) is 0 Å². The summed E-state index contributed by atoms with van der Waals surface area (Å²) >= 11 is 0. The second kappa shape index (κ2) is 6.26. The highest BCUT2D eigenvalue weighted by atomic mass is 32.2. The van der Waals surface area contributed by atoms with Gasteiger partial charge in [0, 0.05) is 23.8 Å². The van der Waals surface area contributed by atoms with E-state index in [0.29, 0.717) is 5.39 Å².